The number of hydrogen-bond acceptors (Lipinski definition) is 4. The van der Waals surface area contributed by atoms with E-state index in [4.69, 9.17) is 0 Å². The van der Waals surface area contributed by atoms with Crippen LogP contribution in [0.15, 0.2) is 34.5 Å². The van der Waals surface area contributed by atoms with Crippen molar-refractivity contribution in [3.63, 3.8) is 0 Å². The van der Waals surface area contributed by atoms with Gasteiger partial charge in [-0.3, -0.25) is 4.79 Å². The molecule has 3 aliphatic rings. The zero-order chi connectivity index (χ0) is 20.0. The average molecular weight is 431 g/mol. The van der Waals surface area contributed by atoms with Gasteiger partial charge in [-0.05, 0) is 84.7 Å². The van der Waals surface area contributed by atoms with Gasteiger partial charge in [0.15, 0.2) is 0 Å². The highest BCUT2D eigenvalue weighted by Crippen LogP contribution is 2.43. The van der Waals surface area contributed by atoms with Gasteiger partial charge < -0.3 is 4.90 Å². The Bertz CT molecular complexity index is 1030. The average Bonchev–Trinajstić information content (AvgIpc) is 3.49. The van der Waals surface area contributed by atoms with Gasteiger partial charge in [0, 0.05) is 26.2 Å². The first-order valence-electron chi connectivity index (χ1n) is 10.5. The molecule has 2 aliphatic carbocycles. The number of carbonyl (C=O) groups is 1. The molecule has 1 saturated carbocycles. The highest BCUT2D eigenvalue weighted by Gasteiger charge is 2.34. The van der Waals surface area contributed by atoms with Crippen molar-refractivity contribution in [1.82, 2.24) is 9.21 Å². The van der Waals surface area contributed by atoms with E-state index < -0.39 is 10.0 Å². The third-order valence-corrected chi connectivity index (χ3v) is 9.20. The molecule has 0 atom stereocenters. The smallest absolute Gasteiger partial charge is 0.264 e. The molecule has 2 fully saturated rings. The molecule has 154 valence electrons. The minimum atomic E-state index is -3.51. The van der Waals surface area contributed by atoms with Gasteiger partial charge in [-0.15, -0.1) is 11.3 Å². The summed E-state index contributed by atoms with van der Waals surface area (Å²) >= 11 is 1.51. The van der Waals surface area contributed by atoms with E-state index in [0.717, 1.165) is 24.1 Å². The van der Waals surface area contributed by atoms with Crippen molar-refractivity contribution in [1.29, 1.82) is 0 Å². The van der Waals surface area contributed by atoms with Crippen molar-refractivity contribution in [2.45, 2.75) is 49.3 Å². The van der Waals surface area contributed by atoms with E-state index in [1.165, 1.54) is 51.6 Å². The maximum Gasteiger partial charge on any atom is 0.264 e. The highest BCUT2D eigenvalue weighted by molar-refractivity contribution is 7.89. The molecule has 5 nitrogen and oxygen atoms in total. The van der Waals surface area contributed by atoms with Crippen molar-refractivity contribution in [3.8, 4) is 0 Å². The Labute approximate surface area is 176 Å². The third kappa shape index (κ3) is 3.64. The predicted molar refractivity (Wildman–Crippen MR) is 114 cm³/mol. The van der Waals surface area contributed by atoms with Crippen LogP contribution in [-0.2, 0) is 22.9 Å². The van der Waals surface area contributed by atoms with E-state index in [-0.39, 0.29) is 5.91 Å². The van der Waals surface area contributed by atoms with Crippen LogP contribution >= 0.6 is 11.3 Å². The number of rotatable bonds is 4. The molecule has 1 saturated heterocycles. The second-order valence-corrected chi connectivity index (χ2v) is 11.2. The lowest BCUT2D eigenvalue weighted by Gasteiger charge is -2.34. The molecule has 0 radical (unpaired) electrons. The van der Waals surface area contributed by atoms with Crippen LogP contribution in [-0.4, -0.2) is 49.7 Å². The van der Waals surface area contributed by atoms with E-state index >= 15 is 0 Å². The topological polar surface area (TPSA) is 57.7 Å². The van der Waals surface area contributed by atoms with Gasteiger partial charge in [0.1, 0.15) is 0 Å². The number of aryl methyl sites for hydroxylation is 2. The normalized spacial score (nSPS) is 20.5. The van der Waals surface area contributed by atoms with E-state index in [9.17, 15) is 13.2 Å². The van der Waals surface area contributed by atoms with Gasteiger partial charge in [0.2, 0.25) is 10.0 Å². The van der Waals surface area contributed by atoms with Crippen LogP contribution in [0.25, 0.3) is 0 Å². The van der Waals surface area contributed by atoms with Crippen LogP contribution in [0.4, 0.5) is 0 Å². The van der Waals surface area contributed by atoms with Crippen molar-refractivity contribution >= 4 is 27.3 Å². The Kier molecular flexibility index (Phi) is 5.00. The number of carbonyl (C=O) groups excluding carboxylic acids is 1. The fraction of sp³-hybridized carbons (Fsp3) is 0.500. The molecular weight excluding hydrogens is 404 g/mol. The molecule has 0 unspecified atom stereocenters. The molecule has 5 rings (SSSR count). The fourth-order valence-corrected chi connectivity index (χ4v) is 6.93. The second-order valence-electron chi connectivity index (χ2n) is 8.31. The number of amides is 1. The summed E-state index contributed by atoms with van der Waals surface area (Å²) in [5, 5.41) is 2.00. The van der Waals surface area contributed by atoms with Crippen molar-refractivity contribution in [3.05, 3.63) is 51.2 Å². The Morgan fingerprint density at radius 3 is 2.41 bits per heavy atom. The summed E-state index contributed by atoms with van der Waals surface area (Å²) in [6.45, 7) is 1.61. The number of piperazine rings is 1. The van der Waals surface area contributed by atoms with E-state index in [1.807, 2.05) is 22.4 Å². The first kappa shape index (κ1) is 19.3. The van der Waals surface area contributed by atoms with E-state index in [1.54, 1.807) is 6.07 Å². The lowest BCUT2D eigenvalue weighted by molar-refractivity contribution is 0.0701. The van der Waals surface area contributed by atoms with Crippen LogP contribution in [0, 0.1) is 0 Å². The zero-order valence-corrected chi connectivity index (χ0v) is 18.1. The molecular formula is C22H26N2O3S2. The molecule has 1 aliphatic heterocycles. The number of nitrogens with zero attached hydrogens (tertiary/aromatic N) is 2. The summed E-state index contributed by atoms with van der Waals surface area (Å²) < 4.78 is 27.8. The SMILES string of the molecule is O=C(c1sccc1C1CC1)N1CCN(S(=O)(=O)c2ccc3c(c2)CCCC3)CC1. The maximum atomic E-state index is 13.2. The number of thiophene rings is 1. The van der Waals surface area contributed by atoms with Gasteiger partial charge >= 0.3 is 0 Å². The van der Waals surface area contributed by atoms with Crippen LogP contribution in [0.3, 0.4) is 0 Å². The number of benzene rings is 1. The quantitative estimate of drug-likeness (QED) is 0.744. The Balaban J connectivity index is 1.28. The molecule has 0 bridgehead atoms. The van der Waals surface area contributed by atoms with Gasteiger partial charge in [0.25, 0.3) is 5.91 Å². The summed E-state index contributed by atoms with van der Waals surface area (Å²) in [6, 6.07) is 7.68. The largest absolute Gasteiger partial charge is 0.335 e. The molecule has 1 aromatic heterocycles. The summed E-state index contributed by atoms with van der Waals surface area (Å²) in [7, 11) is -3.51. The molecule has 2 heterocycles. The Hall–Kier alpha value is -1.70. The van der Waals surface area contributed by atoms with Crippen LogP contribution in [0.1, 0.15) is 58.0 Å². The first-order valence-corrected chi connectivity index (χ1v) is 12.8. The molecule has 29 heavy (non-hydrogen) atoms. The molecule has 7 heteroatoms. The van der Waals surface area contributed by atoms with Crippen LogP contribution in [0.5, 0.6) is 0 Å². The summed E-state index contributed by atoms with van der Waals surface area (Å²) in [6.07, 6.45) is 6.66. The minimum Gasteiger partial charge on any atom is -0.335 e. The lowest BCUT2D eigenvalue weighted by atomic mass is 9.92. The molecule has 0 N–H and O–H groups in total. The maximum absolute atomic E-state index is 13.2. The van der Waals surface area contributed by atoms with Gasteiger partial charge in [0.05, 0.1) is 9.77 Å². The molecule has 0 spiro atoms. The number of fused-ring (bicyclic) bond motifs is 1. The third-order valence-electron chi connectivity index (χ3n) is 6.39. The molecule has 1 aromatic carbocycles. The lowest BCUT2D eigenvalue weighted by Crippen LogP contribution is -2.50. The van der Waals surface area contributed by atoms with Gasteiger partial charge in [-0.1, -0.05) is 6.07 Å². The summed E-state index contributed by atoms with van der Waals surface area (Å²) in [4.78, 5) is 16.0. The van der Waals surface area contributed by atoms with Crippen molar-refractivity contribution in [2.24, 2.45) is 0 Å². The number of sulfonamides is 1. The van der Waals surface area contributed by atoms with Crippen molar-refractivity contribution in [2.75, 3.05) is 26.2 Å². The zero-order valence-electron chi connectivity index (χ0n) is 16.5. The first-order chi connectivity index (χ1) is 14.0. The summed E-state index contributed by atoms with van der Waals surface area (Å²) in [5.41, 5.74) is 3.65. The molecule has 2 aromatic rings. The monoisotopic (exact) mass is 430 g/mol. The predicted octanol–water partition coefficient (Wildman–Crippen LogP) is 3.65. The summed E-state index contributed by atoms with van der Waals surface area (Å²) in [5.74, 6) is 0.610. The highest BCUT2D eigenvalue weighted by atomic mass is 32.2. The van der Waals surface area contributed by atoms with Crippen LogP contribution in [0.2, 0.25) is 0 Å². The second kappa shape index (κ2) is 7.52. The Morgan fingerprint density at radius 2 is 1.69 bits per heavy atom. The Morgan fingerprint density at radius 1 is 0.966 bits per heavy atom. The van der Waals surface area contributed by atoms with Gasteiger partial charge in [-0.25, -0.2) is 8.42 Å². The van der Waals surface area contributed by atoms with Gasteiger partial charge in [-0.2, -0.15) is 4.31 Å². The van der Waals surface area contributed by atoms with Crippen molar-refractivity contribution < 1.29 is 13.2 Å². The number of hydrogen-bond donors (Lipinski definition) is 0. The fourth-order valence-electron chi connectivity index (χ4n) is 4.50. The van der Waals surface area contributed by atoms with Crippen LogP contribution < -0.4 is 0 Å². The van der Waals surface area contributed by atoms with E-state index in [2.05, 4.69) is 6.07 Å². The van der Waals surface area contributed by atoms with E-state index in [0.29, 0.717) is 37.0 Å². The molecule has 1 amide bonds. The standard InChI is InChI=1S/C22H26N2O3S2/c25-22(21-20(9-14-28-21)17-5-6-17)23-10-12-24(13-11-23)29(26,27)19-8-7-16-3-1-2-4-18(16)15-19/h7-9,14-15,17H,1-6,10-13H2. The minimum absolute atomic E-state index is 0.0627.